The van der Waals surface area contributed by atoms with Gasteiger partial charge in [-0.25, -0.2) is 12.8 Å². The zero-order valence-corrected chi connectivity index (χ0v) is 12.8. The molecule has 112 valence electrons. The zero-order valence-electron chi connectivity index (χ0n) is 11.9. The third kappa shape index (κ3) is 5.28. The van der Waals surface area contributed by atoms with E-state index in [9.17, 15) is 17.6 Å². The first kappa shape index (κ1) is 16.6. The van der Waals surface area contributed by atoms with Crippen LogP contribution in [0.5, 0.6) is 0 Å². The Hall–Kier alpha value is -1.43. The van der Waals surface area contributed by atoms with E-state index in [1.54, 1.807) is 6.92 Å². The van der Waals surface area contributed by atoms with Crippen LogP contribution in [0, 0.1) is 11.7 Å². The Balaban J connectivity index is 2.97. The second-order valence-electron chi connectivity index (χ2n) is 5.05. The predicted octanol–water partition coefficient (Wildman–Crippen LogP) is 2.75. The average molecular weight is 301 g/mol. The van der Waals surface area contributed by atoms with E-state index in [-0.39, 0.29) is 23.1 Å². The summed E-state index contributed by atoms with van der Waals surface area (Å²) in [6.07, 6.45) is 2.70. The molecule has 1 aromatic carbocycles. The highest BCUT2D eigenvalue weighted by Crippen LogP contribution is 2.21. The molecule has 1 amide bonds. The lowest BCUT2D eigenvalue weighted by Gasteiger charge is -2.14. The van der Waals surface area contributed by atoms with Crippen LogP contribution in [0.1, 0.15) is 32.3 Å². The van der Waals surface area contributed by atoms with Crippen LogP contribution >= 0.6 is 0 Å². The molecule has 1 aromatic rings. The second kappa shape index (κ2) is 6.83. The molecule has 4 nitrogen and oxygen atoms in total. The maximum absolute atomic E-state index is 13.2. The Morgan fingerprint density at radius 2 is 2.05 bits per heavy atom. The first-order chi connectivity index (χ1) is 9.23. The molecular weight excluding hydrogens is 281 g/mol. The van der Waals surface area contributed by atoms with Crippen LogP contribution in [-0.4, -0.2) is 20.6 Å². The van der Waals surface area contributed by atoms with Gasteiger partial charge in [0.1, 0.15) is 5.82 Å². The van der Waals surface area contributed by atoms with Crippen molar-refractivity contribution in [2.45, 2.75) is 32.4 Å². The van der Waals surface area contributed by atoms with E-state index in [1.165, 1.54) is 12.1 Å². The standard InChI is InChI=1S/C14H20FNO3S/c1-4-5-10(2)14(17)16-13-7-6-12(15)8-11(13)9-20(3,18)19/h6-8,10H,4-5,9H2,1-3H3,(H,16,17)/t10-/m1/s1. The van der Waals surface area contributed by atoms with Gasteiger partial charge in [0.25, 0.3) is 0 Å². The molecule has 1 N–H and O–H groups in total. The van der Waals surface area contributed by atoms with Gasteiger partial charge in [-0.05, 0) is 30.2 Å². The third-order valence-electron chi connectivity index (χ3n) is 2.91. The van der Waals surface area contributed by atoms with Gasteiger partial charge in [0.2, 0.25) is 5.91 Å². The molecule has 0 saturated carbocycles. The number of benzene rings is 1. The number of amides is 1. The minimum atomic E-state index is -3.30. The van der Waals surface area contributed by atoms with Crippen molar-refractivity contribution in [3.8, 4) is 0 Å². The SMILES string of the molecule is CCC[C@@H](C)C(=O)Nc1ccc(F)cc1CS(C)(=O)=O. The van der Waals surface area contributed by atoms with E-state index in [2.05, 4.69) is 5.32 Å². The van der Waals surface area contributed by atoms with Crippen molar-refractivity contribution in [3.63, 3.8) is 0 Å². The molecule has 0 aliphatic rings. The Morgan fingerprint density at radius 3 is 2.60 bits per heavy atom. The summed E-state index contributed by atoms with van der Waals surface area (Å²) in [5.74, 6) is -1.18. The Labute approximate surface area is 119 Å². The Morgan fingerprint density at radius 1 is 1.40 bits per heavy atom. The zero-order chi connectivity index (χ0) is 15.3. The van der Waals surface area contributed by atoms with Crippen LogP contribution < -0.4 is 5.32 Å². The molecule has 0 aliphatic carbocycles. The van der Waals surface area contributed by atoms with Crippen molar-refractivity contribution >= 4 is 21.4 Å². The number of carbonyl (C=O) groups excluding carboxylic acids is 1. The van der Waals surface area contributed by atoms with E-state index in [1.807, 2.05) is 6.92 Å². The van der Waals surface area contributed by atoms with E-state index >= 15 is 0 Å². The van der Waals surface area contributed by atoms with Crippen molar-refractivity contribution in [2.75, 3.05) is 11.6 Å². The molecule has 1 rings (SSSR count). The van der Waals surface area contributed by atoms with Crippen molar-refractivity contribution in [1.29, 1.82) is 0 Å². The molecule has 0 heterocycles. The minimum absolute atomic E-state index is 0.170. The highest BCUT2D eigenvalue weighted by molar-refractivity contribution is 7.89. The fourth-order valence-corrected chi connectivity index (χ4v) is 2.71. The lowest BCUT2D eigenvalue weighted by atomic mass is 10.1. The summed E-state index contributed by atoms with van der Waals surface area (Å²) in [4.78, 5) is 12.0. The van der Waals surface area contributed by atoms with Crippen LogP contribution in [0.2, 0.25) is 0 Å². The second-order valence-corrected chi connectivity index (χ2v) is 7.19. The summed E-state index contributed by atoms with van der Waals surface area (Å²) in [5, 5.41) is 2.67. The van der Waals surface area contributed by atoms with Crippen molar-refractivity contribution in [2.24, 2.45) is 5.92 Å². The number of carbonyl (C=O) groups is 1. The number of anilines is 1. The first-order valence-corrected chi connectivity index (χ1v) is 8.56. The maximum atomic E-state index is 13.2. The average Bonchev–Trinajstić information content (AvgIpc) is 2.30. The molecule has 0 radical (unpaired) electrons. The van der Waals surface area contributed by atoms with Crippen molar-refractivity contribution < 1.29 is 17.6 Å². The molecule has 6 heteroatoms. The van der Waals surface area contributed by atoms with Gasteiger partial charge < -0.3 is 5.32 Å². The quantitative estimate of drug-likeness (QED) is 0.878. The van der Waals surface area contributed by atoms with E-state index < -0.39 is 15.7 Å². The molecule has 20 heavy (non-hydrogen) atoms. The highest BCUT2D eigenvalue weighted by Gasteiger charge is 2.16. The molecule has 0 fully saturated rings. The number of halogens is 1. The normalized spacial score (nSPS) is 13.0. The number of sulfone groups is 1. The number of rotatable bonds is 6. The summed E-state index contributed by atoms with van der Waals surface area (Å²) in [6, 6.07) is 3.74. The molecular formula is C14H20FNO3S. The summed E-state index contributed by atoms with van der Waals surface area (Å²) in [5.41, 5.74) is 0.620. The lowest BCUT2D eigenvalue weighted by molar-refractivity contribution is -0.119. The van der Waals surface area contributed by atoms with Gasteiger partial charge in [0.15, 0.2) is 9.84 Å². The molecule has 0 saturated heterocycles. The molecule has 1 atom stereocenters. The summed E-state index contributed by atoms with van der Waals surface area (Å²) in [6.45, 7) is 3.79. The van der Waals surface area contributed by atoms with Gasteiger partial charge in [0.05, 0.1) is 5.75 Å². The summed E-state index contributed by atoms with van der Waals surface area (Å²) < 4.78 is 35.9. The van der Waals surface area contributed by atoms with Gasteiger partial charge in [-0.3, -0.25) is 4.79 Å². The number of hydrogen-bond acceptors (Lipinski definition) is 3. The lowest BCUT2D eigenvalue weighted by Crippen LogP contribution is -2.21. The van der Waals surface area contributed by atoms with Gasteiger partial charge in [-0.2, -0.15) is 0 Å². The molecule has 0 aliphatic heterocycles. The maximum Gasteiger partial charge on any atom is 0.227 e. The van der Waals surface area contributed by atoms with Gasteiger partial charge in [-0.1, -0.05) is 20.3 Å². The van der Waals surface area contributed by atoms with Gasteiger partial charge in [-0.15, -0.1) is 0 Å². The summed E-state index contributed by atoms with van der Waals surface area (Å²) >= 11 is 0. The van der Waals surface area contributed by atoms with E-state index in [0.717, 1.165) is 25.2 Å². The Bertz CT molecular complexity index is 584. The number of hydrogen-bond donors (Lipinski definition) is 1. The van der Waals surface area contributed by atoms with Crippen LogP contribution in [-0.2, 0) is 20.4 Å². The van der Waals surface area contributed by atoms with Crippen molar-refractivity contribution in [1.82, 2.24) is 0 Å². The predicted molar refractivity (Wildman–Crippen MR) is 77.6 cm³/mol. The number of nitrogens with one attached hydrogen (secondary N) is 1. The smallest absolute Gasteiger partial charge is 0.227 e. The van der Waals surface area contributed by atoms with Gasteiger partial charge in [0, 0.05) is 17.9 Å². The van der Waals surface area contributed by atoms with Crippen LogP contribution in [0.15, 0.2) is 18.2 Å². The minimum Gasteiger partial charge on any atom is -0.326 e. The molecule has 0 spiro atoms. The van der Waals surface area contributed by atoms with Crippen molar-refractivity contribution in [3.05, 3.63) is 29.6 Å². The topological polar surface area (TPSA) is 63.2 Å². The third-order valence-corrected chi connectivity index (χ3v) is 3.75. The summed E-state index contributed by atoms with van der Waals surface area (Å²) in [7, 11) is -3.30. The van der Waals surface area contributed by atoms with E-state index in [4.69, 9.17) is 0 Å². The van der Waals surface area contributed by atoms with Crippen LogP contribution in [0.4, 0.5) is 10.1 Å². The molecule has 0 aromatic heterocycles. The fourth-order valence-electron chi connectivity index (χ4n) is 1.91. The monoisotopic (exact) mass is 301 g/mol. The Kier molecular flexibility index (Phi) is 5.68. The fraction of sp³-hybridized carbons (Fsp3) is 0.500. The largest absolute Gasteiger partial charge is 0.326 e. The van der Waals surface area contributed by atoms with Gasteiger partial charge >= 0.3 is 0 Å². The van der Waals surface area contributed by atoms with E-state index in [0.29, 0.717) is 5.69 Å². The van der Waals surface area contributed by atoms with Crippen LogP contribution in [0.25, 0.3) is 0 Å². The molecule has 0 unspecified atom stereocenters. The molecule has 0 bridgehead atoms. The first-order valence-electron chi connectivity index (χ1n) is 6.50. The highest BCUT2D eigenvalue weighted by atomic mass is 32.2. The van der Waals surface area contributed by atoms with Crippen LogP contribution in [0.3, 0.4) is 0 Å².